The van der Waals surface area contributed by atoms with Gasteiger partial charge in [-0.25, -0.2) is 4.39 Å². The maximum atomic E-state index is 13.1. The van der Waals surface area contributed by atoms with E-state index in [9.17, 15) is 4.39 Å². The average Bonchev–Trinajstić information content (AvgIpc) is 2.34. The molecule has 0 radical (unpaired) electrons. The number of benzene rings is 1. The molecule has 1 aromatic rings. The number of hydrogen-bond donors (Lipinski definition) is 1. The Labute approximate surface area is 109 Å². The van der Waals surface area contributed by atoms with E-state index in [0.717, 1.165) is 18.5 Å². The maximum absolute atomic E-state index is 13.1. The molecule has 0 aliphatic heterocycles. The van der Waals surface area contributed by atoms with E-state index < -0.39 is 0 Å². The Morgan fingerprint density at radius 3 is 2.78 bits per heavy atom. The van der Waals surface area contributed by atoms with Crippen LogP contribution in [0.15, 0.2) is 24.3 Å². The van der Waals surface area contributed by atoms with E-state index in [1.165, 1.54) is 6.07 Å². The molecule has 0 unspecified atom stereocenters. The van der Waals surface area contributed by atoms with Crippen LogP contribution in [0.1, 0.15) is 45.2 Å². The topological polar surface area (TPSA) is 35.8 Å². The summed E-state index contributed by atoms with van der Waals surface area (Å²) in [7, 11) is 0. The zero-order chi connectivity index (χ0) is 13.6. The van der Waals surface area contributed by atoms with Gasteiger partial charge in [0.25, 0.3) is 0 Å². The van der Waals surface area contributed by atoms with Gasteiger partial charge in [-0.1, -0.05) is 26.0 Å². The smallest absolute Gasteiger partial charge is 0.123 e. The third kappa shape index (κ3) is 4.85. The van der Waals surface area contributed by atoms with E-state index in [2.05, 4.69) is 25.2 Å². The van der Waals surface area contributed by atoms with Crippen molar-refractivity contribution in [2.75, 3.05) is 6.54 Å². The van der Waals surface area contributed by atoms with Crippen molar-refractivity contribution in [3.63, 3.8) is 0 Å². The predicted molar refractivity (Wildman–Crippen MR) is 71.4 cm³/mol. The molecule has 0 aromatic heterocycles. The third-order valence-electron chi connectivity index (χ3n) is 3.15. The first kappa shape index (κ1) is 14.7. The molecule has 1 rings (SSSR count). The van der Waals surface area contributed by atoms with Gasteiger partial charge in [0.1, 0.15) is 5.82 Å². The molecule has 3 heteroatoms. The Kier molecular flexibility index (Phi) is 5.30. The van der Waals surface area contributed by atoms with E-state index >= 15 is 0 Å². The molecule has 0 fully saturated rings. The van der Waals surface area contributed by atoms with Crippen LogP contribution in [0.4, 0.5) is 4.39 Å². The minimum atomic E-state index is -0.204. The van der Waals surface area contributed by atoms with Crippen molar-refractivity contribution in [2.45, 2.75) is 39.7 Å². The molecule has 1 aromatic carbocycles. The van der Waals surface area contributed by atoms with Crippen molar-refractivity contribution >= 4 is 0 Å². The summed E-state index contributed by atoms with van der Waals surface area (Å²) in [4.78, 5) is 0. The van der Waals surface area contributed by atoms with E-state index in [-0.39, 0.29) is 17.3 Å². The molecular formula is C15H21FN2. The Hall–Kier alpha value is -1.40. The third-order valence-corrected chi connectivity index (χ3v) is 3.15. The summed E-state index contributed by atoms with van der Waals surface area (Å²) in [5, 5.41) is 12.0. The first-order valence-electron chi connectivity index (χ1n) is 6.30. The molecule has 0 saturated heterocycles. The molecule has 0 spiro atoms. The molecule has 0 amide bonds. The summed E-state index contributed by atoms with van der Waals surface area (Å²) in [5.74, 6) is -0.204. The molecule has 0 saturated carbocycles. The van der Waals surface area contributed by atoms with Crippen LogP contribution in [0.5, 0.6) is 0 Å². The van der Waals surface area contributed by atoms with Gasteiger partial charge in [0.05, 0.1) is 6.07 Å². The Morgan fingerprint density at radius 2 is 2.17 bits per heavy atom. The molecule has 0 aliphatic carbocycles. The second-order valence-corrected chi connectivity index (χ2v) is 5.48. The molecule has 1 atom stereocenters. The number of halogens is 1. The molecule has 1 N–H and O–H groups in total. The van der Waals surface area contributed by atoms with Gasteiger partial charge in [0.15, 0.2) is 0 Å². The highest BCUT2D eigenvalue weighted by Gasteiger charge is 2.18. The van der Waals surface area contributed by atoms with Crippen molar-refractivity contribution in [3.05, 3.63) is 35.6 Å². The largest absolute Gasteiger partial charge is 0.310 e. The standard InChI is InChI=1S/C15H21FN2/c1-12(13-6-4-7-14(16)10-13)18-11-15(2,3)8-5-9-17/h4,6-7,10,12,18H,5,8,11H2,1-3H3/t12-/m0/s1. The van der Waals surface area contributed by atoms with Crippen LogP contribution >= 0.6 is 0 Å². The highest BCUT2D eigenvalue weighted by molar-refractivity contribution is 5.19. The van der Waals surface area contributed by atoms with Crippen LogP contribution in [0.25, 0.3) is 0 Å². The Morgan fingerprint density at radius 1 is 1.44 bits per heavy atom. The zero-order valence-corrected chi connectivity index (χ0v) is 11.3. The Bertz CT molecular complexity index is 421. The van der Waals surface area contributed by atoms with Gasteiger partial charge in [0.2, 0.25) is 0 Å². The Balaban J connectivity index is 2.51. The number of nitriles is 1. The van der Waals surface area contributed by atoms with Crippen molar-refractivity contribution in [2.24, 2.45) is 5.41 Å². The van der Waals surface area contributed by atoms with Gasteiger partial charge in [-0.15, -0.1) is 0 Å². The lowest BCUT2D eigenvalue weighted by molar-refractivity contribution is 0.304. The summed E-state index contributed by atoms with van der Waals surface area (Å²) in [6, 6.07) is 8.94. The van der Waals surface area contributed by atoms with Crippen molar-refractivity contribution in [1.82, 2.24) is 5.32 Å². The fourth-order valence-electron chi connectivity index (χ4n) is 1.81. The van der Waals surface area contributed by atoms with Gasteiger partial charge in [-0.3, -0.25) is 0 Å². The van der Waals surface area contributed by atoms with Gasteiger partial charge in [0, 0.05) is 19.0 Å². The normalized spacial score (nSPS) is 13.1. The average molecular weight is 248 g/mol. The molecule has 2 nitrogen and oxygen atoms in total. The zero-order valence-electron chi connectivity index (χ0n) is 11.3. The van der Waals surface area contributed by atoms with Crippen molar-refractivity contribution < 1.29 is 4.39 Å². The van der Waals surface area contributed by atoms with Gasteiger partial charge >= 0.3 is 0 Å². The SMILES string of the molecule is C[C@H](NCC(C)(C)CCC#N)c1cccc(F)c1. The number of nitrogens with one attached hydrogen (secondary N) is 1. The van der Waals surface area contributed by atoms with Gasteiger partial charge < -0.3 is 5.32 Å². The summed E-state index contributed by atoms with van der Waals surface area (Å²) >= 11 is 0. The summed E-state index contributed by atoms with van der Waals surface area (Å²) in [6.07, 6.45) is 1.44. The monoisotopic (exact) mass is 248 g/mol. The lowest BCUT2D eigenvalue weighted by Gasteiger charge is -2.26. The fraction of sp³-hybridized carbons (Fsp3) is 0.533. The van der Waals surface area contributed by atoms with Crippen LogP contribution < -0.4 is 5.32 Å². The summed E-state index contributed by atoms with van der Waals surface area (Å²) in [6.45, 7) is 7.10. The molecule has 0 bridgehead atoms. The second kappa shape index (κ2) is 6.51. The van der Waals surface area contributed by atoms with Crippen LogP contribution in [0, 0.1) is 22.6 Å². The lowest BCUT2D eigenvalue weighted by Crippen LogP contribution is -2.31. The highest BCUT2D eigenvalue weighted by Crippen LogP contribution is 2.22. The van der Waals surface area contributed by atoms with Crippen LogP contribution in [0.3, 0.4) is 0 Å². The van der Waals surface area contributed by atoms with Crippen molar-refractivity contribution in [1.29, 1.82) is 5.26 Å². The molecular weight excluding hydrogens is 227 g/mol. The molecule has 0 heterocycles. The van der Waals surface area contributed by atoms with Crippen LogP contribution in [0.2, 0.25) is 0 Å². The molecule has 98 valence electrons. The first-order chi connectivity index (χ1) is 8.44. The first-order valence-corrected chi connectivity index (χ1v) is 6.30. The molecule has 18 heavy (non-hydrogen) atoms. The molecule has 0 aliphatic rings. The van der Waals surface area contributed by atoms with E-state index in [4.69, 9.17) is 5.26 Å². The van der Waals surface area contributed by atoms with Crippen molar-refractivity contribution in [3.8, 4) is 6.07 Å². The van der Waals surface area contributed by atoms with E-state index in [1.54, 1.807) is 12.1 Å². The predicted octanol–water partition coefficient (Wildman–Crippen LogP) is 3.81. The minimum absolute atomic E-state index is 0.0807. The van der Waals surface area contributed by atoms with Gasteiger partial charge in [-0.05, 0) is 36.5 Å². The number of nitrogens with zero attached hydrogens (tertiary/aromatic N) is 1. The quantitative estimate of drug-likeness (QED) is 0.831. The van der Waals surface area contributed by atoms with E-state index in [1.807, 2.05) is 13.0 Å². The van der Waals surface area contributed by atoms with E-state index in [0.29, 0.717) is 6.42 Å². The summed E-state index contributed by atoms with van der Waals surface area (Å²) in [5.41, 5.74) is 1.03. The summed E-state index contributed by atoms with van der Waals surface area (Å²) < 4.78 is 13.1. The number of rotatable bonds is 6. The lowest BCUT2D eigenvalue weighted by atomic mass is 9.87. The maximum Gasteiger partial charge on any atom is 0.123 e. The highest BCUT2D eigenvalue weighted by atomic mass is 19.1. The minimum Gasteiger partial charge on any atom is -0.310 e. The second-order valence-electron chi connectivity index (χ2n) is 5.48. The van der Waals surface area contributed by atoms with Crippen LogP contribution in [-0.4, -0.2) is 6.54 Å². The fourth-order valence-corrected chi connectivity index (χ4v) is 1.81. The van der Waals surface area contributed by atoms with Crippen LogP contribution in [-0.2, 0) is 0 Å². The van der Waals surface area contributed by atoms with Gasteiger partial charge in [-0.2, -0.15) is 5.26 Å². The number of hydrogen-bond acceptors (Lipinski definition) is 2.